The van der Waals surface area contributed by atoms with Crippen LogP contribution < -0.4 is 4.90 Å². The van der Waals surface area contributed by atoms with Crippen molar-refractivity contribution >= 4 is 31.5 Å². The van der Waals surface area contributed by atoms with Gasteiger partial charge in [-0.2, -0.15) is 0 Å². The van der Waals surface area contributed by atoms with Crippen molar-refractivity contribution in [2.75, 3.05) is 24.2 Å². The Bertz CT molecular complexity index is 544. The number of hydrogen-bond donors (Lipinski definition) is 1. The van der Waals surface area contributed by atoms with Gasteiger partial charge in [-0.25, -0.2) is 8.42 Å². The molecule has 1 heterocycles. The molecule has 4 nitrogen and oxygen atoms in total. The molecule has 0 bridgehead atoms. The first-order valence-electron chi connectivity index (χ1n) is 5.80. The fourth-order valence-corrected chi connectivity index (χ4v) is 3.46. The highest BCUT2D eigenvalue weighted by Crippen LogP contribution is 2.30. The Morgan fingerprint density at radius 1 is 1.44 bits per heavy atom. The lowest BCUT2D eigenvalue weighted by Gasteiger charge is -2.33. The zero-order valence-corrected chi connectivity index (χ0v) is 12.5. The van der Waals surface area contributed by atoms with Gasteiger partial charge < -0.3 is 10.0 Å². The summed E-state index contributed by atoms with van der Waals surface area (Å²) in [4.78, 5) is 2.26. The summed E-state index contributed by atoms with van der Waals surface area (Å²) in [6.07, 6.45) is 2.47. The van der Waals surface area contributed by atoms with E-state index in [4.69, 9.17) is 0 Å². The van der Waals surface area contributed by atoms with E-state index in [1.165, 1.54) is 6.26 Å². The molecule has 2 rings (SSSR count). The van der Waals surface area contributed by atoms with Crippen molar-refractivity contribution in [3.05, 3.63) is 22.7 Å². The molecular formula is C12H16BrNO3S. The van der Waals surface area contributed by atoms with Gasteiger partial charge in [0.25, 0.3) is 0 Å². The lowest BCUT2D eigenvalue weighted by molar-refractivity contribution is 0.154. The van der Waals surface area contributed by atoms with Crippen molar-refractivity contribution in [1.29, 1.82) is 0 Å². The Morgan fingerprint density at radius 3 is 2.78 bits per heavy atom. The summed E-state index contributed by atoms with van der Waals surface area (Å²) in [5.41, 5.74) is 0.672. The van der Waals surface area contributed by atoms with Crippen molar-refractivity contribution in [2.24, 2.45) is 0 Å². The highest BCUT2D eigenvalue weighted by molar-refractivity contribution is 9.10. The monoisotopic (exact) mass is 333 g/mol. The van der Waals surface area contributed by atoms with Gasteiger partial charge >= 0.3 is 0 Å². The van der Waals surface area contributed by atoms with Gasteiger partial charge in [-0.15, -0.1) is 0 Å². The highest BCUT2D eigenvalue weighted by Gasteiger charge is 2.23. The molecule has 18 heavy (non-hydrogen) atoms. The summed E-state index contributed by atoms with van der Waals surface area (Å²) >= 11 is 3.36. The Labute approximate surface area is 116 Å². The van der Waals surface area contributed by atoms with Crippen LogP contribution in [0.15, 0.2) is 27.6 Å². The average molecular weight is 334 g/mol. The number of benzene rings is 1. The number of nitrogens with zero attached hydrogens (tertiary/aromatic N) is 1. The van der Waals surface area contributed by atoms with Crippen LogP contribution in [0.1, 0.15) is 12.8 Å². The van der Waals surface area contributed by atoms with E-state index < -0.39 is 9.84 Å². The van der Waals surface area contributed by atoms with Crippen LogP contribution >= 0.6 is 15.9 Å². The Kier molecular flexibility index (Phi) is 3.99. The van der Waals surface area contributed by atoms with E-state index in [1.807, 2.05) is 4.90 Å². The van der Waals surface area contributed by atoms with E-state index in [9.17, 15) is 13.5 Å². The highest BCUT2D eigenvalue weighted by atomic mass is 79.9. The van der Waals surface area contributed by atoms with Gasteiger partial charge in [0.1, 0.15) is 0 Å². The topological polar surface area (TPSA) is 57.6 Å². The average Bonchev–Trinajstić information content (AvgIpc) is 2.27. The predicted molar refractivity (Wildman–Crippen MR) is 74.7 cm³/mol. The quantitative estimate of drug-likeness (QED) is 0.896. The maximum absolute atomic E-state index is 11.8. The molecule has 1 atom stereocenters. The van der Waals surface area contributed by atoms with Gasteiger partial charge in [-0.1, -0.05) is 15.9 Å². The lowest BCUT2D eigenvalue weighted by Crippen LogP contribution is -2.38. The zero-order valence-electron chi connectivity index (χ0n) is 10.1. The minimum atomic E-state index is -3.26. The van der Waals surface area contributed by atoms with Crippen LogP contribution in [0, 0.1) is 0 Å². The first-order valence-corrected chi connectivity index (χ1v) is 8.49. The van der Waals surface area contributed by atoms with Crippen molar-refractivity contribution in [3.8, 4) is 0 Å². The lowest BCUT2D eigenvalue weighted by atomic mass is 10.1. The molecule has 6 heteroatoms. The molecule has 1 aliphatic heterocycles. The third-order valence-electron chi connectivity index (χ3n) is 3.06. The molecule has 0 radical (unpaired) electrons. The van der Waals surface area contributed by atoms with Gasteiger partial charge in [0.15, 0.2) is 9.84 Å². The number of aliphatic hydroxyl groups excluding tert-OH is 1. The molecule has 0 spiro atoms. The van der Waals surface area contributed by atoms with Gasteiger partial charge in [-0.05, 0) is 31.0 Å². The van der Waals surface area contributed by atoms with Gasteiger partial charge in [0, 0.05) is 23.8 Å². The third-order valence-corrected chi connectivity index (χ3v) is 4.70. The Balaban J connectivity index is 2.45. The number of piperidine rings is 1. The zero-order chi connectivity index (χ0) is 13.3. The number of aliphatic hydroxyl groups is 1. The van der Waals surface area contributed by atoms with Crippen LogP contribution in [-0.2, 0) is 9.84 Å². The molecular weight excluding hydrogens is 318 g/mol. The normalized spacial score (nSPS) is 21.1. The van der Waals surface area contributed by atoms with E-state index in [1.54, 1.807) is 18.2 Å². The summed E-state index contributed by atoms with van der Waals surface area (Å²) < 4.78 is 24.4. The van der Waals surface area contributed by atoms with Gasteiger partial charge in [0.05, 0.1) is 16.7 Å². The summed E-state index contributed by atoms with van der Waals surface area (Å²) in [6, 6.07) is 5.13. The molecule has 1 aliphatic rings. The van der Waals surface area contributed by atoms with E-state index in [0.29, 0.717) is 17.1 Å². The van der Waals surface area contributed by atoms with Crippen LogP contribution in [0.3, 0.4) is 0 Å². The molecule has 1 unspecified atom stereocenters. The SMILES string of the molecule is CS(=O)(=O)c1ccc(Br)cc1N1CCCC(O)C1. The second kappa shape index (κ2) is 5.19. The van der Waals surface area contributed by atoms with Crippen LogP contribution in [0.4, 0.5) is 5.69 Å². The molecule has 0 saturated carbocycles. The standard InChI is InChI=1S/C12H16BrNO3S/c1-18(16,17)12-5-4-9(13)7-11(12)14-6-2-3-10(15)8-14/h4-5,7,10,15H,2-3,6,8H2,1H3. The van der Waals surface area contributed by atoms with Crippen molar-refractivity contribution in [3.63, 3.8) is 0 Å². The number of halogens is 1. The summed E-state index contributed by atoms with van der Waals surface area (Å²) in [5, 5.41) is 9.70. The van der Waals surface area contributed by atoms with Crippen molar-refractivity contribution < 1.29 is 13.5 Å². The maximum atomic E-state index is 11.8. The largest absolute Gasteiger partial charge is 0.391 e. The summed E-state index contributed by atoms with van der Waals surface area (Å²) in [7, 11) is -3.26. The smallest absolute Gasteiger partial charge is 0.177 e. The molecule has 0 amide bonds. The summed E-state index contributed by atoms with van der Waals surface area (Å²) in [6.45, 7) is 1.26. The molecule has 0 aliphatic carbocycles. The van der Waals surface area contributed by atoms with Crippen LogP contribution in [-0.4, -0.2) is 39.0 Å². The molecule has 1 N–H and O–H groups in total. The van der Waals surface area contributed by atoms with Crippen LogP contribution in [0.2, 0.25) is 0 Å². The molecule has 1 aromatic carbocycles. The molecule has 1 saturated heterocycles. The number of β-amino-alcohol motifs (C(OH)–C–C–N with tert-alkyl or cyclic N) is 1. The van der Waals surface area contributed by atoms with E-state index in [2.05, 4.69) is 15.9 Å². The Hall–Kier alpha value is -0.590. The van der Waals surface area contributed by atoms with Crippen LogP contribution in [0.25, 0.3) is 0 Å². The first kappa shape index (κ1) is 13.8. The van der Waals surface area contributed by atoms with Crippen molar-refractivity contribution in [2.45, 2.75) is 23.8 Å². The van der Waals surface area contributed by atoms with Gasteiger partial charge in [0.2, 0.25) is 0 Å². The van der Waals surface area contributed by atoms with Gasteiger partial charge in [-0.3, -0.25) is 0 Å². The van der Waals surface area contributed by atoms with E-state index in [0.717, 1.165) is 23.9 Å². The maximum Gasteiger partial charge on any atom is 0.177 e. The second-order valence-corrected chi connectivity index (χ2v) is 7.53. The third kappa shape index (κ3) is 3.05. The minimum absolute atomic E-state index is 0.319. The molecule has 1 fully saturated rings. The fraction of sp³-hybridized carbons (Fsp3) is 0.500. The second-order valence-electron chi connectivity index (χ2n) is 4.63. The van der Waals surface area contributed by atoms with Crippen molar-refractivity contribution in [1.82, 2.24) is 0 Å². The number of sulfone groups is 1. The first-order chi connectivity index (χ1) is 8.38. The molecule has 100 valence electrons. The molecule has 1 aromatic rings. The summed E-state index contributed by atoms with van der Waals surface area (Å²) in [5.74, 6) is 0. The number of anilines is 1. The van der Waals surface area contributed by atoms with E-state index >= 15 is 0 Å². The fourth-order valence-electron chi connectivity index (χ4n) is 2.22. The van der Waals surface area contributed by atoms with E-state index in [-0.39, 0.29) is 6.10 Å². The number of rotatable bonds is 2. The number of hydrogen-bond acceptors (Lipinski definition) is 4. The molecule has 0 aromatic heterocycles. The predicted octanol–water partition coefficient (Wildman–Crippen LogP) is 1.81. The Morgan fingerprint density at radius 2 is 2.17 bits per heavy atom. The van der Waals surface area contributed by atoms with Crippen LogP contribution in [0.5, 0.6) is 0 Å². The minimum Gasteiger partial charge on any atom is -0.391 e.